The minimum Gasteiger partial charge on any atom is -0.310 e. The maximum atomic E-state index is 6.22. The third-order valence-electron chi connectivity index (χ3n) is 3.09. The van der Waals surface area contributed by atoms with Crippen molar-refractivity contribution in [2.45, 2.75) is 25.4 Å². The molecule has 1 heterocycles. The van der Waals surface area contributed by atoms with Gasteiger partial charge in [-0.05, 0) is 47.5 Å². The molecule has 1 nitrogen and oxygen atoms in total. The number of nitrogens with one attached hydrogen (secondary N) is 1. The molecular formula is C14H13Cl2NS. The molecule has 3 rings (SSSR count). The second-order valence-electron chi connectivity index (χ2n) is 4.55. The van der Waals surface area contributed by atoms with E-state index >= 15 is 0 Å². The minimum atomic E-state index is 0.701. The molecule has 0 atom stereocenters. The molecule has 0 saturated heterocycles. The largest absolute Gasteiger partial charge is 0.310 e. The van der Waals surface area contributed by atoms with Crippen molar-refractivity contribution in [2.24, 2.45) is 0 Å². The zero-order valence-corrected chi connectivity index (χ0v) is 12.1. The monoisotopic (exact) mass is 297 g/mol. The Labute approximate surface area is 121 Å². The summed E-state index contributed by atoms with van der Waals surface area (Å²) in [5.74, 6) is 0. The van der Waals surface area contributed by atoms with E-state index < -0.39 is 0 Å². The second-order valence-corrected chi connectivity index (χ2v) is 6.31. The summed E-state index contributed by atoms with van der Waals surface area (Å²) in [4.78, 5) is 1.10. The van der Waals surface area contributed by atoms with Gasteiger partial charge >= 0.3 is 0 Å². The molecule has 1 N–H and O–H groups in total. The van der Waals surface area contributed by atoms with Gasteiger partial charge in [-0.15, -0.1) is 11.3 Å². The van der Waals surface area contributed by atoms with E-state index in [1.807, 2.05) is 23.6 Å². The van der Waals surface area contributed by atoms with Gasteiger partial charge in [0.2, 0.25) is 0 Å². The van der Waals surface area contributed by atoms with Crippen LogP contribution in [0.1, 0.15) is 18.4 Å². The molecule has 0 unspecified atom stereocenters. The van der Waals surface area contributed by atoms with Gasteiger partial charge in [0.1, 0.15) is 0 Å². The van der Waals surface area contributed by atoms with Crippen LogP contribution in [0.15, 0.2) is 29.6 Å². The Morgan fingerprint density at radius 1 is 1.22 bits per heavy atom. The standard InChI is InChI=1S/C14H13Cl2NS/c15-10-2-1-9(8-17-11-3-4-11)12(7-10)14-13(16)5-6-18-14/h1-2,5-7,11,17H,3-4,8H2. The first-order valence-electron chi connectivity index (χ1n) is 5.99. The Hall–Kier alpha value is -0.540. The van der Waals surface area contributed by atoms with Gasteiger partial charge in [-0.25, -0.2) is 0 Å². The SMILES string of the molecule is Clc1ccc(CNC2CC2)c(-c2sccc2Cl)c1. The van der Waals surface area contributed by atoms with Gasteiger partial charge in [0.05, 0.1) is 9.90 Å². The molecule has 0 spiro atoms. The highest BCUT2D eigenvalue weighted by atomic mass is 35.5. The lowest BCUT2D eigenvalue weighted by Crippen LogP contribution is -2.15. The van der Waals surface area contributed by atoms with Crippen LogP contribution in [0, 0.1) is 0 Å². The summed E-state index contributed by atoms with van der Waals surface area (Å²) < 4.78 is 0. The molecule has 94 valence electrons. The summed E-state index contributed by atoms with van der Waals surface area (Å²) >= 11 is 14.0. The fourth-order valence-corrected chi connectivity index (χ4v) is 3.32. The zero-order chi connectivity index (χ0) is 12.5. The molecule has 0 amide bonds. The summed E-state index contributed by atoms with van der Waals surface area (Å²) in [6.07, 6.45) is 2.59. The molecule has 2 aromatic rings. The molecule has 18 heavy (non-hydrogen) atoms. The fraction of sp³-hybridized carbons (Fsp3) is 0.286. The lowest BCUT2D eigenvalue weighted by molar-refractivity contribution is 0.689. The van der Waals surface area contributed by atoms with E-state index in [4.69, 9.17) is 23.2 Å². The van der Waals surface area contributed by atoms with Crippen molar-refractivity contribution in [3.8, 4) is 10.4 Å². The molecule has 1 aliphatic rings. The van der Waals surface area contributed by atoms with Gasteiger partial charge in [0.25, 0.3) is 0 Å². The van der Waals surface area contributed by atoms with Crippen LogP contribution in [0.3, 0.4) is 0 Å². The molecule has 1 fully saturated rings. The Balaban J connectivity index is 1.94. The molecule has 1 aromatic heterocycles. The fourth-order valence-electron chi connectivity index (χ4n) is 1.94. The molecule has 1 saturated carbocycles. The van der Waals surface area contributed by atoms with Crippen molar-refractivity contribution < 1.29 is 0 Å². The van der Waals surface area contributed by atoms with Crippen molar-refractivity contribution in [2.75, 3.05) is 0 Å². The first-order valence-corrected chi connectivity index (χ1v) is 7.63. The normalized spacial score (nSPS) is 15.0. The molecule has 1 aliphatic carbocycles. The van der Waals surface area contributed by atoms with Crippen LogP contribution in [0.25, 0.3) is 10.4 Å². The maximum Gasteiger partial charge on any atom is 0.0592 e. The van der Waals surface area contributed by atoms with Gasteiger partial charge in [-0.1, -0.05) is 29.3 Å². The Morgan fingerprint density at radius 3 is 2.72 bits per heavy atom. The van der Waals surface area contributed by atoms with Crippen LogP contribution >= 0.6 is 34.5 Å². The van der Waals surface area contributed by atoms with E-state index in [0.717, 1.165) is 27.0 Å². The number of hydrogen-bond acceptors (Lipinski definition) is 2. The van der Waals surface area contributed by atoms with Crippen LogP contribution in [-0.4, -0.2) is 6.04 Å². The van der Waals surface area contributed by atoms with Crippen molar-refractivity contribution in [3.63, 3.8) is 0 Å². The first-order chi connectivity index (χ1) is 8.74. The molecule has 1 aromatic carbocycles. The molecule has 4 heteroatoms. The lowest BCUT2D eigenvalue weighted by Gasteiger charge is -2.10. The summed E-state index contributed by atoms with van der Waals surface area (Å²) in [6.45, 7) is 0.880. The number of hydrogen-bond donors (Lipinski definition) is 1. The number of benzene rings is 1. The summed E-state index contributed by atoms with van der Waals surface area (Å²) in [5, 5.41) is 7.10. The van der Waals surface area contributed by atoms with Gasteiger partial charge in [0.15, 0.2) is 0 Å². The average molecular weight is 298 g/mol. The highest BCUT2D eigenvalue weighted by Gasteiger charge is 2.21. The van der Waals surface area contributed by atoms with Crippen molar-refractivity contribution in [1.82, 2.24) is 5.32 Å². The molecule has 0 bridgehead atoms. The predicted octanol–water partition coefficient (Wildman–Crippen LogP) is 4.97. The van der Waals surface area contributed by atoms with Crippen molar-refractivity contribution in [3.05, 3.63) is 45.3 Å². The Kier molecular flexibility index (Phi) is 3.62. The second kappa shape index (κ2) is 5.22. The minimum absolute atomic E-state index is 0.701. The van der Waals surface area contributed by atoms with E-state index in [1.54, 1.807) is 11.3 Å². The Morgan fingerprint density at radius 2 is 2.06 bits per heavy atom. The predicted molar refractivity (Wildman–Crippen MR) is 79.6 cm³/mol. The topological polar surface area (TPSA) is 12.0 Å². The molecule has 0 aliphatic heterocycles. The first kappa shape index (κ1) is 12.5. The van der Waals surface area contributed by atoms with Gasteiger partial charge in [-0.2, -0.15) is 0 Å². The van der Waals surface area contributed by atoms with E-state index in [2.05, 4.69) is 11.4 Å². The van der Waals surface area contributed by atoms with E-state index in [0.29, 0.717) is 6.04 Å². The summed E-state index contributed by atoms with van der Waals surface area (Å²) in [7, 11) is 0. The average Bonchev–Trinajstić information content (AvgIpc) is 3.09. The highest BCUT2D eigenvalue weighted by molar-refractivity contribution is 7.14. The molecular weight excluding hydrogens is 285 g/mol. The van der Waals surface area contributed by atoms with Crippen molar-refractivity contribution in [1.29, 1.82) is 0 Å². The third kappa shape index (κ3) is 2.72. The number of rotatable bonds is 4. The third-order valence-corrected chi connectivity index (χ3v) is 4.70. The zero-order valence-electron chi connectivity index (χ0n) is 9.75. The lowest BCUT2D eigenvalue weighted by atomic mass is 10.1. The smallest absolute Gasteiger partial charge is 0.0592 e. The van der Waals surface area contributed by atoms with Crippen LogP contribution in [0.4, 0.5) is 0 Å². The van der Waals surface area contributed by atoms with Crippen LogP contribution in [-0.2, 0) is 6.54 Å². The van der Waals surface area contributed by atoms with E-state index in [-0.39, 0.29) is 0 Å². The quantitative estimate of drug-likeness (QED) is 0.840. The van der Waals surface area contributed by atoms with Crippen LogP contribution in [0.5, 0.6) is 0 Å². The Bertz CT molecular complexity index is 561. The summed E-state index contributed by atoms with van der Waals surface area (Å²) in [6, 6.07) is 8.66. The van der Waals surface area contributed by atoms with Crippen LogP contribution < -0.4 is 5.32 Å². The maximum absolute atomic E-state index is 6.22. The number of halogens is 2. The van der Waals surface area contributed by atoms with Gasteiger partial charge < -0.3 is 5.32 Å². The molecule has 0 radical (unpaired) electrons. The summed E-state index contributed by atoms with van der Waals surface area (Å²) in [5.41, 5.74) is 2.41. The van der Waals surface area contributed by atoms with Crippen LogP contribution in [0.2, 0.25) is 10.0 Å². The van der Waals surface area contributed by atoms with Gasteiger partial charge in [0, 0.05) is 17.6 Å². The van der Waals surface area contributed by atoms with Gasteiger partial charge in [-0.3, -0.25) is 0 Å². The van der Waals surface area contributed by atoms with E-state index in [9.17, 15) is 0 Å². The van der Waals surface area contributed by atoms with E-state index in [1.165, 1.54) is 18.4 Å². The van der Waals surface area contributed by atoms with Crippen molar-refractivity contribution >= 4 is 34.5 Å². The number of thiophene rings is 1. The highest BCUT2D eigenvalue weighted by Crippen LogP contribution is 2.37.